The van der Waals surface area contributed by atoms with Gasteiger partial charge >= 0.3 is 0 Å². The Morgan fingerprint density at radius 3 is 2.89 bits per heavy atom. The number of ether oxygens (including phenoxy) is 1. The van der Waals surface area contributed by atoms with E-state index in [0.29, 0.717) is 13.0 Å². The zero-order valence-electron chi connectivity index (χ0n) is 10.3. The van der Waals surface area contributed by atoms with E-state index >= 15 is 0 Å². The van der Waals surface area contributed by atoms with Crippen molar-refractivity contribution in [3.63, 3.8) is 0 Å². The van der Waals surface area contributed by atoms with Gasteiger partial charge in [-0.3, -0.25) is 0 Å². The largest absolute Gasteiger partial charge is 0.495 e. The molecule has 94 valence electrons. The number of hydrogen-bond acceptors (Lipinski definition) is 5. The summed E-state index contributed by atoms with van der Waals surface area (Å²) in [6.07, 6.45) is 2.39. The molecular formula is C13H16N4O. The second-order valence-electron chi connectivity index (χ2n) is 3.72. The van der Waals surface area contributed by atoms with Gasteiger partial charge in [0.1, 0.15) is 17.4 Å². The Morgan fingerprint density at radius 1 is 1.28 bits per heavy atom. The minimum Gasteiger partial charge on any atom is -0.495 e. The smallest absolute Gasteiger partial charge is 0.142 e. The van der Waals surface area contributed by atoms with Crippen LogP contribution in [0.1, 0.15) is 5.82 Å². The number of anilines is 2. The highest BCUT2D eigenvalue weighted by molar-refractivity contribution is 5.63. The minimum atomic E-state index is 0.540. The maximum absolute atomic E-state index is 5.49. The monoisotopic (exact) mass is 244 g/mol. The molecule has 1 aromatic carbocycles. The summed E-state index contributed by atoms with van der Waals surface area (Å²) in [5, 5.41) is 3.21. The number of para-hydroxylation sites is 2. The number of nitrogens with zero attached hydrogens (tertiary/aromatic N) is 2. The van der Waals surface area contributed by atoms with Gasteiger partial charge in [0.2, 0.25) is 0 Å². The van der Waals surface area contributed by atoms with Crippen molar-refractivity contribution >= 4 is 11.5 Å². The Kier molecular flexibility index (Phi) is 4.09. The van der Waals surface area contributed by atoms with Gasteiger partial charge in [-0.2, -0.15) is 0 Å². The van der Waals surface area contributed by atoms with E-state index in [2.05, 4.69) is 15.3 Å². The van der Waals surface area contributed by atoms with Crippen molar-refractivity contribution in [2.45, 2.75) is 6.42 Å². The molecular weight excluding hydrogens is 228 g/mol. The van der Waals surface area contributed by atoms with Crippen molar-refractivity contribution in [2.24, 2.45) is 5.73 Å². The van der Waals surface area contributed by atoms with Crippen molar-refractivity contribution < 1.29 is 4.74 Å². The molecule has 18 heavy (non-hydrogen) atoms. The first kappa shape index (κ1) is 12.3. The van der Waals surface area contributed by atoms with Gasteiger partial charge in [-0.25, -0.2) is 9.97 Å². The standard InChI is InChI=1S/C13H16N4O/c1-18-11-5-3-2-4-10(11)16-13-7-9-15-12(17-13)6-8-14/h2-5,7,9H,6,8,14H2,1H3,(H,15,16,17). The first-order chi connectivity index (χ1) is 8.83. The van der Waals surface area contributed by atoms with Crippen molar-refractivity contribution in [1.82, 2.24) is 9.97 Å². The van der Waals surface area contributed by atoms with E-state index in [1.807, 2.05) is 30.3 Å². The molecule has 2 rings (SSSR count). The highest BCUT2D eigenvalue weighted by Crippen LogP contribution is 2.25. The third kappa shape index (κ3) is 2.95. The van der Waals surface area contributed by atoms with Gasteiger partial charge in [0, 0.05) is 12.6 Å². The molecule has 0 aliphatic rings. The number of nitrogens with two attached hydrogens (primary N) is 1. The first-order valence-corrected chi connectivity index (χ1v) is 5.75. The fourth-order valence-electron chi connectivity index (χ4n) is 1.60. The SMILES string of the molecule is COc1ccccc1Nc1ccnc(CCN)n1. The lowest BCUT2D eigenvalue weighted by molar-refractivity contribution is 0.417. The van der Waals surface area contributed by atoms with Crippen LogP contribution in [0, 0.1) is 0 Å². The van der Waals surface area contributed by atoms with Crippen LogP contribution in [0.4, 0.5) is 11.5 Å². The maximum atomic E-state index is 5.49. The van der Waals surface area contributed by atoms with Crippen LogP contribution in [0.3, 0.4) is 0 Å². The van der Waals surface area contributed by atoms with Crippen molar-refractivity contribution in [1.29, 1.82) is 0 Å². The first-order valence-electron chi connectivity index (χ1n) is 5.75. The molecule has 0 saturated carbocycles. The van der Waals surface area contributed by atoms with Gasteiger partial charge in [0.05, 0.1) is 12.8 Å². The third-order valence-corrected chi connectivity index (χ3v) is 2.44. The Morgan fingerprint density at radius 2 is 2.11 bits per heavy atom. The van der Waals surface area contributed by atoms with Crippen LogP contribution in [0.15, 0.2) is 36.5 Å². The quantitative estimate of drug-likeness (QED) is 0.838. The normalized spacial score (nSPS) is 10.1. The van der Waals surface area contributed by atoms with Gasteiger partial charge < -0.3 is 15.8 Å². The highest BCUT2D eigenvalue weighted by Gasteiger charge is 2.03. The summed E-state index contributed by atoms with van der Waals surface area (Å²) in [4.78, 5) is 8.53. The Bertz CT molecular complexity index is 516. The molecule has 0 bridgehead atoms. The lowest BCUT2D eigenvalue weighted by Crippen LogP contribution is -2.07. The number of nitrogens with one attached hydrogen (secondary N) is 1. The summed E-state index contributed by atoms with van der Waals surface area (Å²) in [6, 6.07) is 9.50. The van der Waals surface area contributed by atoms with E-state index in [1.54, 1.807) is 13.3 Å². The molecule has 0 radical (unpaired) electrons. The zero-order chi connectivity index (χ0) is 12.8. The molecule has 0 aliphatic carbocycles. The van der Waals surface area contributed by atoms with Gasteiger partial charge in [-0.05, 0) is 24.7 Å². The fraction of sp³-hybridized carbons (Fsp3) is 0.231. The second kappa shape index (κ2) is 5.97. The number of rotatable bonds is 5. The second-order valence-corrected chi connectivity index (χ2v) is 3.72. The number of benzene rings is 1. The maximum Gasteiger partial charge on any atom is 0.142 e. The van der Waals surface area contributed by atoms with E-state index in [4.69, 9.17) is 10.5 Å². The molecule has 1 heterocycles. The van der Waals surface area contributed by atoms with Crippen molar-refractivity contribution in [3.8, 4) is 5.75 Å². The van der Waals surface area contributed by atoms with Crippen molar-refractivity contribution in [2.75, 3.05) is 19.0 Å². The van der Waals surface area contributed by atoms with Crippen LogP contribution >= 0.6 is 0 Å². The number of hydrogen-bond donors (Lipinski definition) is 2. The van der Waals surface area contributed by atoms with Crippen LogP contribution < -0.4 is 15.8 Å². The van der Waals surface area contributed by atoms with Gasteiger partial charge in [0.25, 0.3) is 0 Å². The predicted octanol–water partition coefficient (Wildman–Crippen LogP) is 1.73. The van der Waals surface area contributed by atoms with E-state index in [-0.39, 0.29) is 0 Å². The molecule has 0 amide bonds. The Labute approximate surface area is 106 Å². The minimum absolute atomic E-state index is 0.540. The van der Waals surface area contributed by atoms with Crippen LogP contribution in [-0.2, 0) is 6.42 Å². The van der Waals surface area contributed by atoms with Crippen molar-refractivity contribution in [3.05, 3.63) is 42.4 Å². The van der Waals surface area contributed by atoms with Crippen LogP contribution in [0.5, 0.6) is 5.75 Å². The summed E-state index contributed by atoms with van der Waals surface area (Å²) in [7, 11) is 1.64. The summed E-state index contributed by atoms with van der Waals surface area (Å²) in [5.41, 5.74) is 6.36. The third-order valence-electron chi connectivity index (χ3n) is 2.44. The molecule has 5 nitrogen and oxygen atoms in total. The summed E-state index contributed by atoms with van der Waals surface area (Å²) < 4.78 is 5.27. The molecule has 1 aromatic heterocycles. The van der Waals surface area contributed by atoms with E-state index in [0.717, 1.165) is 23.1 Å². The topological polar surface area (TPSA) is 73.1 Å². The molecule has 0 aliphatic heterocycles. The summed E-state index contributed by atoms with van der Waals surface area (Å²) in [5.74, 6) is 2.24. The van der Waals surface area contributed by atoms with Crippen LogP contribution in [0.25, 0.3) is 0 Å². The Balaban J connectivity index is 2.20. The lowest BCUT2D eigenvalue weighted by atomic mass is 10.3. The molecule has 3 N–H and O–H groups in total. The molecule has 0 spiro atoms. The molecule has 0 fully saturated rings. The molecule has 5 heteroatoms. The lowest BCUT2D eigenvalue weighted by Gasteiger charge is -2.10. The molecule has 0 saturated heterocycles. The Hall–Kier alpha value is -2.14. The number of aromatic nitrogens is 2. The highest BCUT2D eigenvalue weighted by atomic mass is 16.5. The van der Waals surface area contributed by atoms with Gasteiger partial charge in [-0.15, -0.1) is 0 Å². The molecule has 0 unspecified atom stereocenters. The molecule has 0 atom stereocenters. The average Bonchev–Trinajstić information content (AvgIpc) is 2.40. The van der Waals surface area contributed by atoms with E-state index in [1.165, 1.54) is 0 Å². The molecule has 2 aromatic rings. The van der Waals surface area contributed by atoms with Crippen LogP contribution in [0.2, 0.25) is 0 Å². The van der Waals surface area contributed by atoms with Gasteiger partial charge in [0.15, 0.2) is 0 Å². The fourth-order valence-corrected chi connectivity index (χ4v) is 1.60. The van der Waals surface area contributed by atoms with Crippen LogP contribution in [-0.4, -0.2) is 23.6 Å². The predicted molar refractivity (Wildman–Crippen MR) is 71.1 cm³/mol. The summed E-state index contributed by atoms with van der Waals surface area (Å²) >= 11 is 0. The zero-order valence-corrected chi connectivity index (χ0v) is 10.3. The van der Waals surface area contributed by atoms with Gasteiger partial charge in [-0.1, -0.05) is 12.1 Å². The van der Waals surface area contributed by atoms with E-state index < -0.39 is 0 Å². The van der Waals surface area contributed by atoms with E-state index in [9.17, 15) is 0 Å². The number of methoxy groups -OCH3 is 1. The summed E-state index contributed by atoms with van der Waals surface area (Å²) in [6.45, 7) is 0.540. The average molecular weight is 244 g/mol.